The van der Waals surface area contributed by atoms with Crippen molar-refractivity contribution >= 4 is 29.5 Å². The van der Waals surface area contributed by atoms with Crippen molar-refractivity contribution in [2.45, 2.75) is 45.2 Å². The first kappa shape index (κ1) is 18.9. The molecule has 1 atom stereocenters. The Morgan fingerprint density at radius 1 is 1.26 bits per heavy atom. The molecule has 1 unspecified atom stereocenters. The Kier molecular flexibility index (Phi) is 4.91. The highest BCUT2D eigenvalue weighted by Crippen LogP contribution is 2.30. The molecule has 1 N–H and O–H groups in total. The van der Waals surface area contributed by atoms with E-state index in [0.717, 1.165) is 29.0 Å². The molecule has 27 heavy (non-hydrogen) atoms. The number of fused-ring (bicyclic) bond motifs is 1. The fourth-order valence-corrected chi connectivity index (χ4v) is 3.42. The lowest BCUT2D eigenvalue weighted by molar-refractivity contribution is -0.150. The summed E-state index contributed by atoms with van der Waals surface area (Å²) in [5, 5.41) is 2.49. The van der Waals surface area contributed by atoms with E-state index in [1.165, 1.54) is 0 Å². The van der Waals surface area contributed by atoms with E-state index < -0.39 is 36.6 Å². The standard InChI is InChI=1S/C19H23N3O5/c1-12-8-9-13-6-4-5-7-14(13)22(12)15(23)11-27-16(24)10-21-17(25)19(2,3)20-18(21)26/h4-7,12H,8-11H2,1-3H3,(H,20,26). The molecule has 2 aliphatic heterocycles. The van der Waals surface area contributed by atoms with E-state index in [0.29, 0.717) is 0 Å². The molecule has 2 heterocycles. The maximum atomic E-state index is 12.6. The summed E-state index contributed by atoms with van der Waals surface area (Å²) in [6.45, 7) is 4.09. The van der Waals surface area contributed by atoms with Gasteiger partial charge in [0.15, 0.2) is 6.61 Å². The van der Waals surface area contributed by atoms with Gasteiger partial charge in [0.05, 0.1) is 0 Å². The number of aryl methyl sites for hydroxylation is 1. The van der Waals surface area contributed by atoms with E-state index in [-0.39, 0.29) is 11.9 Å². The van der Waals surface area contributed by atoms with E-state index >= 15 is 0 Å². The number of urea groups is 1. The Morgan fingerprint density at radius 3 is 2.63 bits per heavy atom. The third-order valence-electron chi connectivity index (χ3n) is 4.88. The second-order valence-electron chi connectivity index (χ2n) is 7.39. The normalized spacial score (nSPS) is 20.9. The quantitative estimate of drug-likeness (QED) is 0.633. The average molecular weight is 373 g/mol. The van der Waals surface area contributed by atoms with Crippen LogP contribution in [0.15, 0.2) is 24.3 Å². The molecule has 0 spiro atoms. The Bertz CT molecular complexity index is 804. The highest BCUT2D eigenvalue weighted by molar-refractivity contribution is 6.08. The molecule has 8 heteroatoms. The lowest BCUT2D eigenvalue weighted by Gasteiger charge is -2.35. The van der Waals surface area contributed by atoms with Crippen LogP contribution in [0.2, 0.25) is 0 Å². The zero-order chi connectivity index (χ0) is 19.8. The number of imide groups is 1. The van der Waals surface area contributed by atoms with Gasteiger partial charge in [0.25, 0.3) is 11.8 Å². The number of hydrogen-bond acceptors (Lipinski definition) is 5. The average Bonchev–Trinajstić information content (AvgIpc) is 2.81. The minimum absolute atomic E-state index is 0.00200. The zero-order valence-electron chi connectivity index (χ0n) is 15.7. The predicted octanol–water partition coefficient (Wildman–Crippen LogP) is 1.23. The number of nitrogens with zero attached hydrogens (tertiary/aromatic N) is 2. The molecule has 3 rings (SSSR count). The molecule has 0 radical (unpaired) electrons. The predicted molar refractivity (Wildman–Crippen MR) is 97.0 cm³/mol. The van der Waals surface area contributed by atoms with Gasteiger partial charge in [0.2, 0.25) is 0 Å². The summed E-state index contributed by atoms with van der Waals surface area (Å²) in [5.74, 6) is -1.64. The smallest absolute Gasteiger partial charge is 0.326 e. The lowest BCUT2D eigenvalue weighted by Crippen LogP contribution is -2.45. The van der Waals surface area contributed by atoms with Gasteiger partial charge in [0.1, 0.15) is 12.1 Å². The number of carbonyl (C=O) groups is 4. The molecule has 2 aliphatic rings. The van der Waals surface area contributed by atoms with Crippen LogP contribution in [0.5, 0.6) is 0 Å². The number of para-hydroxylation sites is 1. The molecule has 0 aliphatic carbocycles. The summed E-state index contributed by atoms with van der Waals surface area (Å²) in [7, 11) is 0. The first-order valence-electron chi connectivity index (χ1n) is 8.90. The van der Waals surface area contributed by atoms with Gasteiger partial charge in [-0.25, -0.2) is 4.79 Å². The molecule has 1 aromatic carbocycles. The third kappa shape index (κ3) is 3.65. The van der Waals surface area contributed by atoms with E-state index in [1.54, 1.807) is 18.7 Å². The Morgan fingerprint density at radius 2 is 1.96 bits per heavy atom. The third-order valence-corrected chi connectivity index (χ3v) is 4.88. The van der Waals surface area contributed by atoms with E-state index in [2.05, 4.69) is 5.32 Å². The molecular formula is C19H23N3O5. The minimum atomic E-state index is -1.06. The van der Waals surface area contributed by atoms with Crippen molar-refractivity contribution in [3.63, 3.8) is 0 Å². The second kappa shape index (κ2) is 7.02. The second-order valence-corrected chi connectivity index (χ2v) is 7.39. The largest absolute Gasteiger partial charge is 0.454 e. The van der Waals surface area contributed by atoms with Crippen LogP contribution in [-0.4, -0.2) is 53.4 Å². The molecule has 1 saturated heterocycles. The highest BCUT2D eigenvalue weighted by atomic mass is 16.5. The minimum Gasteiger partial charge on any atom is -0.454 e. The number of rotatable bonds is 4. The maximum Gasteiger partial charge on any atom is 0.326 e. The summed E-state index contributed by atoms with van der Waals surface area (Å²) in [4.78, 5) is 51.0. The molecule has 4 amide bonds. The number of ether oxygens (including phenoxy) is 1. The number of carbonyl (C=O) groups excluding carboxylic acids is 4. The zero-order valence-corrected chi connectivity index (χ0v) is 15.7. The van der Waals surface area contributed by atoms with Crippen molar-refractivity contribution in [1.29, 1.82) is 0 Å². The Hall–Kier alpha value is -2.90. The van der Waals surface area contributed by atoms with Crippen LogP contribution in [0, 0.1) is 0 Å². The summed E-state index contributed by atoms with van der Waals surface area (Å²) in [6, 6.07) is 7.00. The van der Waals surface area contributed by atoms with Crippen LogP contribution in [0.4, 0.5) is 10.5 Å². The van der Waals surface area contributed by atoms with Crippen molar-refractivity contribution < 1.29 is 23.9 Å². The monoisotopic (exact) mass is 373 g/mol. The highest BCUT2D eigenvalue weighted by Gasteiger charge is 2.45. The summed E-state index contributed by atoms with van der Waals surface area (Å²) < 4.78 is 5.04. The first-order chi connectivity index (χ1) is 12.7. The van der Waals surface area contributed by atoms with Crippen LogP contribution >= 0.6 is 0 Å². The number of amides is 4. The van der Waals surface area contributed by atoms with Gasteiger partial charge in [-0.15, -0.1) is 0 Å². The topological polar surface area (TPSA) is 96.0 Å². The first-order valence-corrected chi connectivity index (χ1v) is 8.90. The molecular weight excluding hydrogens is 350 g/mol. The Balaban J connectivity index is 1.60. The van der Waals surface area contributed by atoms with Gasteiger partial charge in [0, 0.05) is 11.7 Å². The molecule has 8 nitrogen and oxygen atoms in total. The van der Waals surface area contributed by atoms with Crippen molar-refractivity contribution in [2.75, 3.05) is 18.1 Å². The summed E-state index contributed by atoms with van der Waals surface area (Å²) in [5.41, 5.74) is 0.852. The fraction of sp³-hybridized carbons (Fsp3) is 0.474. The van der Waals surface area contributed by atoms with Crippen LogP contribution in [0.3, 0.4) is 0 Å². The fourth-order valence-electron chi connectivity index (χ4n) is 3.42. The van der Waals surface area contributed by atoms with Gasteiger partial charge < -0.3 is 15.0 Å². The number of esters is 1. The van der Waals surface area contributed by atoms with Crippen molar-refractivity contribution in [3.8, 4) is 0 Å². The number of hydrogen-bond donors (Lipinski definition) is 1. The lowest BCUT2D eigenvalue weighted by atomic mass is 9.96. The van der Waals surface area contributed by atoms with E-state index in [1.807, 2.05) is 31.2 Å². The van der Waals surface area contributed by atoms with Crippen LogP contribution in [-0.2, 0) is 25.5 Å². The number of benzene rings is 1. The summed E-state index contributed by atoms with van der Waals surface area (Å²) in [6.07, 6.45) is 1.72. The maximum absolute atomic E-state index is 12.6. The van der Waals surface area contributed by atoms with E-state index in [4.69, 9.17) is 4.74 Å². The van der Waals surface area contributed by atoms with Crippen LogP contribution in [0.25, 0.3) is 0 Å². The molecule has 0 bridgehead atoms. The number of anilines is 1. The van der Waals surface area contributed by atoms with E-state index in [9.17, 15) is 19.2 Å². The van der Waals surface area contributed by atoms with Gasteiger partial charge in [-0.3, -0.25) is 19.3 Å². The molecule has 0 aromatic heterocycles. The van der Waals surface area contributed by atoms with Crippen molar-refractivity contribution in [2.24, 2.45) is 0 Å². The van der Waals surface area contributed by atoms with Gasteiger partial charge in [-0.2, -0.15) is 0 Å². The number of nitrogens with one attached hydrogen (secondary N) is 1. The van der Waals surface area contributed by atoms with Gasteiger partial charge in [-0.05, 0) is 45.2 Å². The van der Waals surface area contributed by atoms with Gasteiger partial charge in [-0.1, -0.05) is 18.2 Å². The molecule has 0 saturated carbocycles. The van der Waals surface area contributed by atoms with Crippen molar-refractivity contribution in [1.82, 2.24) is 10.2 Å². The molecule has 1 aromatic rings. The summed E-state index contributed by atoms with van der Waals surface area (Å²) >= 11 is 0. The van der Waals surface area contributed by atoms with Crippen molar-refractivity contribution in [3.05, 3.63) is 29.8 Å². The molecule has 1 fully saturated rings. The van der Waals surface area contributed by atoms with Crippen LogP contribution in [0.1, 0.15) is 32.8 Å². The molecule has 144 valence electrons. The van der Waals surface area contributed by atoms with Crippen LogP contribution < -0.4 is 10.2 Å². The SMILES string of the molecule is CC1CCc2ccccc2N1C(=O)COC(=O)CN1C(=O)NC(C)(C)C1=O. The Labute approximate surface area is 157 Å². The van der Waals surface area contributed by atoms with Gasteiger partial charge >= 0.3 is 12.0 Å².